The average Bonchev–Trinajstić information content (AvgIpc) is 2.50. The summed E-state index contributed by atoms with van der Waals surface area (Å²) < 4.78 is 0. The predicted molar refractivity (Wildman–Crippen MR) is 76.4 cm³/mol. The summed E-state index contributed by atoms with van der Waals surface area (Å²) in [6.07, 6.45) is 2.59. The Kier molecular flexibility index (Phi) is 5.46. The normalized spacial score (nSPS) is 28.6. The standard InChI is InChI=1S/C15H32N2/c1-7-8-16-14(15(4,5)6)11-17-10-12(2)9-13(17)3/h12-14,16H,7-11H2,1-6H3. The van der Waals surface area contributed by atoms with Crippen molar-refractivity contribution in [1.29, 1.82) is 0 Å². The first-order valence-electron chi connectivity index (χ1n) is 7.32. The zero-order chi connectivity index (χ0) is 13.1. The van der Waals surface area contributed by atoms with E-state index in [2.05, 4.69) is 51.8 Å². The molecule has 0 saturated carbocycles. The third-order valence-corrected chi connectivity index (χ3v) is 4.02. The maximum atomic E-state index is 3.73. The maximum absolute atomic E-state index is 3.73. The Morgan fingerprint density at radius 2 is 1.94 bits per heavy atom. The van der Waals surface area contributed by atoms with Crippen LogP contribution in [0.1, 0.15) is 54.4 Å². The SMILES string of the molecule is CCCNC(CN1CC(C)CC1C)C(C)(C)C. The van der Waals surface area contributed by atoms with Crippen molar-refractivity contribution < 1.29 is 0 Å². The van der Waals surface area contributed by atoms with Crippen LogP contribution >= 0.6 is 0 Å². The average molecular weight is 240 g/mol. The molecule has 102 valence electrons. The van der Waals surface area contributed by atoms with Gasteiger partial charge in [-0.25, -0.2) is 0 Å². The van der Waals surface area contributed by atoms with Crippen LogP contribution in [0.25, 0.3) is 0 Å². The molecule has 0 aromatic heterocycles. The minimum Gasteiger partial charge on any atom is -0.312 e. The van der Waals surface area contributed by atoms with Gasteiger partial charge in [0.1, 0.15) is 0 Å². The second-order valence-corrected chi connectivity index (χ2v) is 7.02. The number of hydrogen-bond donors (Lipinski definition) is 1. The molecule has 0 spiro atoms. The van der Waals surface area contributed by atoms with Gasteiger partial charge in [-0.1, -0.05) is 34.6 Å². The van der Waals surface area contributed by atoms with Crippen LogP contribution in [0, 0.1) is 11.3 Å². The maximum Gasteiger partial charge on any atom is 0.0243 e. The van der Waals surface area contributed by atoms with Crippen molar-refractivity contribution in [3.05, 3.63) is 0 Å². The van der Waals surface area contributed by atoms with Crippen LogP contribution in [0.5, 0.6) is 0 Å². The van der Waals surface area contributed by atoms with E-state index in [9.17, 15) is 0 Å². The van der Waals surface area contributed by atoms with Gasteiger partial charge in [0.15, 0.2) is 0 Å². The number of hydrogen-bond acceptors (Lipinski definition) is 2. The lowest BCUT2D eigenvalue weighted by Crippen LogP contribution is -2.49. The molecule has 1 rings (SSSR count). The summed E-state index contributed by atoms with van der Waals surface area (Å²) in [5.74, 6) is 0.872. The quantitative estimate of drug-likeness (QED) is 0.794. The Balaban J connectivity index is 2.54. The van der Waals surface area contributed by atoms with Crippen molar-refractivity contribution >= 4 is 0 Å². The summed E-state index contributed by atoms with van der Waals surface area (Å²) in [7, 11) is 0. The van der Waals surface area contributed by atoms with Gasteiger partial charge < -0.3 is 5.32 Å². The lowest BCUT2D eigenvalue weighted by atomic mass is 9.86. The molecule has 1 fully saturated rings. The summed E-state index contributed by atoms with van der Waals surface area (Å²) >= 11 is 0. The first-order valence-corrected chi connectivity index (χ1v) is 7.32. The van der Waals surface area contributed by atoms with E-state index in [1.54, 1.807) is 0 Å². The van der Waals surface area contributed by atoms with E-state index in [1.165, 1.54) is 25.9 Å². The molecule has 1 aliphatic heterocycles. The van der Waals surface area contributed by atoms with Gasteiger partial charge in [0.2, 0.25) is 0 Å². The number of nitrogens with zero attached hydrogens (tertiary/aromatic N) is 1. The van der Waals surface area contributed by atoms with E-state index < -0.39 is 0 Å². The van der Waals surface area contributed by atoms with E-state index >= 15 is 0 Å². The van der Waals surface area contributed by atoms with E-state index in [0.717, 1.165) is 18.5 Å². The minimum atomic E-state index is 0.348. The first kappa shape index (κ1) is 15.0. The van der Waals surface area contributed by atoms with Crippen molar-refractivity contribution in [3.8, 4) is 0 Å². The summed E-state index contributed by atoms with van der Waals surface area (Å²) in [4.78, 5) is 2.67. The molecule has 0 amide bonds. The third-order valence-electron chi connectivity index (χ3n) is 4.02. The van der Waals surface area contributed by atoms with E-state index in [0.29, 0.717) is 11.5 Å². The Hall–Kier alpha value is -0.0800. The fourth-order valence-corrected chi connectivity index (χ4v) is 2.84. The highest BCUT2D eigenvalue weighted by Gasteiger charge is 2.31. The molecule has 0 aromatic rings. The molecular weight excluding hydrogens is 208 g/mol. The monoisotopic (exact) mass is 240 g/mol. The van der Waals surface area contributed by atoms with Crippen LogP contribution in [0.15, 0.2) is 0 Å². The minimum absolute atomic E-state index is 0.348. The highest BCUT2D eigenvalue weighted by atomic mass is 15.2. The smallest absolute Gasteiger partial charge is 0.0243 e. The fraction of sp³-hybridized carbons (Fsp3) is 1.00. The topological polar surface area (TPSA) is 15.3 Å². The second-order valence-electron chi connectivity index (χ2n) is 7.02. The highest BCUT2D eigenvalue weighted by molar-refractivity contribution is 4.88. The second kappa shape index (κ2) is 6.19. The summed E-state index contributed by atoms with van der Waals surface area (Å²) in [6.45, 7) is 17.7. The van der Waals surface area contributed by atoms with Gasteiger partial charge in [-0.05, 0) is 37.6 Å². The zero-order valence-corrected chi connectivity index (χ0v) is 12.7. The molecule has 0 bridgehead atoms. The summed E-state index contributed by atoms with van der Waals surface area (Å²) in [5.41, 5.74) is 0.348. The highest BCUT2D eigenvalue weighted by Crippen LogP contribution is 2.26. The molecule has 1 saturated heterocycles. The molecule has 1 heterocycles. The van der Waals surface area contributed by atoms with Crippen LogP contribution in [-0.4, -0.2) is 36.6 Å². The molecule has 2 nitrogen and oxygen atoms in total. The molecule has 1 N–H and O–H groups in total. The Bertz CT molecular complexity index is 219. The van der Waals surface area contributed by atoms with Crippen molar-refractivity contribution in [2.45, 2.75) is 66.5 Å². The molecular formula is C15H32N2. The van der Waals surface area contributed by atoms with E-state index in [4.69, 9.17) is 0 Å². The molecule has 1 aliphatic rings. The molecule has 0 aliphatic carbocycles. The lowest BCUT2D eigenvalue weighted by Gasteiger charge is -2.36. The van der Waals surface area contributed by atoms with Gasteiger partial charge in [-0.2, -0.15) is 0 Å². The Labute approximate surface area is 108 Å². The molecule has 3 unspecified atom stereocenters. The van der Waals surface area contributed by atoms with Crippen LogP contribution in [-0.2, 0) is 0 Å². The van der Waals surface area contributed by atoms with Crippen LogP contribution in [0.4, 0.5) is 0 Å². The molecule has 0 radical (unpaired) electrons. The van der Waals surface area contributed by atoms with Gasteiger partial charge in [-0.3, -0.25) is 4.90 Å². The van der Waals surface area contributed by atoms with Crippen LogP contribution in [0.2, 0.25) is 0 Å². The third kappa shape index (κ3) is 4.59. The van der Waals surface area contributed by atoms with Crippen molar-refractivity contribution in [2.24, 2.45) is 11.3 Å². The van der Waals surface area contributed by atoms with Gasteiger partial charge in [0.25, 0.3) is 0 Å². The first-order chi connectivity index (χ1) is 7.84. The van der Waals surface area contributed by atoms with Gasteiger partial charge >= 0.3 is 0 Å². The van der Waals surface area contributed by atoms with Gasteiger partial charge in [0.05, 0.1) is 0 Å². The zero-order valence-electron chi connectivity index (χ0n) is 12.7. The van der Waals surface area contributed by atoms with Crippen LogP contribution < -0.4 is 5.32 Å². The number of rotatable bonds is 5. The Morgan fingerprint density at radius 1 is 1.29 bits per heavy atom. The lowest BCUT2D eigenvalue weighted by molar-refractivity contribution is 0.167. The molecule has 2 heteroatoms. The Morgan fingerprint density at radius 3 is 2.35 bits per heavy atom. The summed E-state index contributed by atoms with van der Waals surface area (Å²) in [6, 6.07) is 1.37. The van der Waals surface area contributed by atoms with Gasteiger partial charge in [-0.15, -0.1) is 0 Å². The number of nitrogens with one attached hydrogen (secondary N) is 1. The molecule has 17 heavy (non-hydrogen) atoms. The molecule has 0 aromatic carbocycles. The van der Waals surface area contributed by atoms with Crippen molar-refractivity contribution in [1.82, 2.24) is 10.2 Å². The van der Waals surface area contributed by atoms with E-state index in [1.807, 2.05) is 0 Å². The van der Waals surface area contributed by atoms with E-state index in [-0.39, 0.29) is 0 Å². The fourth-order valence-electron chi connectivity index (χ4n) is 2.84. The van der Waals surface area contributed by atoms with Gasteiger partial charge in [0, 0.05) is 25.2 Å². The van der Waals surface area contributed by atoms with Crippen molar-refractivity contribution in [2.75, 3.05) is 19.6 Å². The predicted octanol–water partition coefficient (Wildman–Crippen LogP) is 3.13. The summed E-state index contributed by atoms with van der Waals surface area (Å²) in [5, 5.41) is 3.73. The number of likely N-dealkylation sites (tertiary alicyclic amines) is 1. The van der Waals surface area contributed by atoms with Crippen molar-refractivity contribution in [3.63, 3.8) is 0 Å². The largest absolute Gasteiger partial charge is 0.312 e. The van der Waals surface area contributed by atoms with Crippen LogP contribution in [0.3, 0.4) is 0 Å². The molecule has 3 atom stereocenters.